The second-order valence-corrected chi connectivity index (χ2v) is 6.61. The highest BCUT2D eigenvalue weighted by atomic mass is 16.5. The number of carbonyl (C=O) groups excluding carboxylic acids is 2. The summed E-state index contributed by atoms with van der Waals surface area (Å²) in [6, 6.07) is 13.4. The molecule has 6 heteroatoms. The van der Waals surface area contributed by atoms with Crippen molar-refractivity contribution < 1.29 is 19.1 Å². The fourth-order valence-corrected chi connectivity index (χ4v) is 2.85. The van der Waals surface area contributed by atoms with Gasteiger partial charge in [-0.2, -0.15) is 0 Å². The van der Waals surface area contributed by atoms with Crippen molar-refractivity contribution in [2.75, 3.05) is 32.6 Å². The summed E-state index contributed by atoms with van der Waals surface area (Å²) in [6.07, 6.45) is 0.941. The third-order valence-corrected chi connectivity index (χ3v) is 4.51. The zero-order valence-electron chi connectivity index (χ0n) is 17.0. The molecule has 0 aliphatic carbocycles. The lowest BCUT2D eigenvalue weighted by molar-refractivity contribution is -0.129. The Labute approximate surface area is 166 Å². The molecular formula is C22H28N2O4. The largest absolute Gasteiger partial charge is 0.497 e. The van der Waals surface area contributed by atoms with Gasteiger partial charge >= 0.3 is 0 Å². The number of nitrogens with one attached hydrogen (secondary N) is 1. The molecule has 0 heterocycles. The molecule has 0 unspecified atom stereocenters. The molecule has 1 N–H and O–H groups in total. The summed E-state index contributed by atoms with van der Waals surface area (Å²) in [7, 11) is 3.20. The van der Waals surface area contributed by atoms with Crippen LogP contribution in [0.15, 0.2) is 42.5 Å². The lowest BCUT2D eigenvalue weighted by Gasteiger charge is -2.21. The molecule has 0 atom stereocenters. The van der Waals surface area contributed by atoms with Gasteiger partial charge in [0, 0.05) is 26.4 Å². The van der Waals surface area contributed by atoms with Crippen LogP contribution in [0.1, 0.15) is 24.5 Å². The average molecular weight is 384 g/mol. The van der Waals surface area contributed by atoms with Crippen LogP contribution in [0.5, 0.6) is 11.5 Å². The fraction of sp³-hybridized carbons (Fsp3) is 0.364. The maximum absolute atomic E-state index is 12.3. The van der Waals surface area contributed by atoms with Gasteiger partial charge in [0.15, 0.2) is 0 Å². The number of hydrogen-bond acceptors (Lipinski definition) is 4. The first-order valence-electron chi connectivity index (χ1n) is 9.26. The van der Waals surface area contributed by atoms with Crippen molar-refractivity contribution in [3.05, 3.63) is 53.6 Å². The van der Waals surface area contributed by atoms with Gasteiger partial charge in [0.2, 0.25) is 11.8 Å². The number of rotatable bonds is 9. The lowest BCUT2D eigenvalue weighted by Crippen LogP contribution is -2.33. The van der Waals surface area contributed by atoms with Crippen molar-refractivity contribution in [2.24, 2.45) is 0 Å². The van der Waals surface area contributed by atoms with Crippen LogP contribution in [-0.2, 0) is 16.0 Å². The minimum Gasteiger partial charge on any atom is -0.497 e. The number of nitrogens with zero attached hydrogens (tertiary/aromatic N) is 1. The van der Waals surface area contributed by atoms with E-state index < -0.39 is 0 Å². The topological polar surface area (TPSA) is 67.9 Å². The Morgan fingerprint density at radius 1 is 1.00 bits per heavy atom. The molecule has 0 saturated carbocycles. The Morgan fingerprint density at radius 3 is 2.32 bits per heavy atom. The van der Waals surface area contributed by atoms with Gasteiger partial charge in [-0.1, -0.05) is 18.2 Å². The Morgan fingerprint density at radius 2 is 1.71 bits per heavy atom. The molecule has 2 aromatic carbocycles. The van der Waals surface area contributed by atoms with Crippen LogP contribution in [-0.4, -0.2) is 44.0 Å². The van der Waals surface area contributed by atoms with Crippen molar-refractivity contribution in [1.82, 2.24) is 4.90 Å². The Bertz CT molecular complexity index is 803. The Kier molecular flexibility index (Phi) is 7.87. The van der Waals surface area contributed by atoms with Crippen molar-refractivity contribution in [1.29, 1.82) is 0 Å². The van der Waals surface area contributed by atoms with Gasteiger partial charge in [-0.15, -0.1) is 0 Å². The molecule has 2 amide bonds. The van der Waals surface area contributed by atoms with E-state index in [1.54, 1.807) is 19.1 Å². The molecular weight excluding hydrogens is 356 g/mol. The van der Waals surface area contributed by atoms with E-state index in [-0.39, 0.29) is 18.2 Å². The number of aryl methyl sites for hydroxylation is 1. The molecule has 0 aliphatic heterocycles. The van der Waals surface area contributed by atoms with Gasteiger partial charge in [-0.3, -0.25) is 9.59 Å². The highest BCUT2D eigenvalue weighted by molar-refractivity contribution is 5.92. The molecule has 0 bridgehead atoms. The van der Waals surface area contributed by atoms with Crippen molar-refractivity contribution in [3.63, 3.8) is 0 Å². The van der Waals surface area contributed by atoms with E-state index in [0.29, 0.717) is 24.5 Å². The van der Waals surface area contributed by atoms with Crippen LogP contribution in [0, 0.1) is 6.92 Å². The summed E-state index contributed by atoms with van der Waals surface area (Å²) < 4.78 is 10.4. The average Bonchev–Trinajstić information content (AvgIpc) is 2.68. The first-order valence-corrected chi connectivity index (χ1v) is 9.26. The third kappa shape index (κ3) is 6.30. The third-order valence-electron chi connectivity index (χ3n) is 4.51. The molecule has 0 aromatic heterocycles. The Balaban J connectivity index is 1.89. The molecule has 0 saturated heterocycles. The molecule has 2 aromatic rings. The minimum atomic E-state index is -0.153. The first-order chi connectivity index (χ1) is 13.4. The highest BCUT2D eigenvalue weighted by Crippen LogP contribution is 2.25. The number of carbonyl (C=O) groups is 2. The van der Waals surface area contributed by atoms with E-state index in [1.165, 1.54) is 6.92 Å². The van der Waals surface area contributed by atoms with Crippen molar-refractivity contribution in [2.45, 2.75) is 26.7 Å². The molecule has 150 valence electrons. The summed E-state index contributed by atoms with van der Waals surface area (Å²) in [5.41, 5.74) is 2.78. The number of anilines is 1. The van der Waals surface area contributed by atoms with Gasteiger partial charge in [-0.05, 0) is 48.7 Å². The van der Waals surface area contributed by atoms with Gasteiger partial charge in [0.1, 0.15) is 11.5 Å². The number of amides is 2. The van der Waals surface area contributed by atoms with Crippen LogP contribution in [0.25, 0.3) is 0 Å². The number of benzene rings is 2. The fourth-order valence-electron chi connectivity index (χ4n) is 2.85. The van der Waals surface area contributed by atoms with Crippen LogP contribution in [0.3, 0.4) is 0 Å². The smallest absolute Gasteiger partial charge is 0.226 e. The summed E-state index contributed by atoms with van der Waals surface area (Å²) in [6.45, 7) is 4.40. The zero-order valence-corrected chi connectivity index (χ0v) is 17.0. The summed E-state index contributed by atoms with van der Waals surface area (Å²) in [4.78, 5) is 26.0. The van der Waals surface area contributed by atoms with E-state index in [2.05, 4.69) is 5.32 Å². The van der Waals surface area contributed by atoms with Crippen LogP contribution in [0.2, 0.25) is 0 Å². The Hall–Kier alpha value is -3.02. The monoisotopic (exact) mass is 384 g/mol. The maximum Gasteiger partial charge on any atom is 0.226 e. The van der Waals surface area contributed by atoms with E-state index >= 15 is 0 Å². The minimum absolute atomic E-state index is 0.0468. The van der Waals surface area contributed by atoms with Gasteiger partial charge in [0.05, 0.1) is 19.9 Å². The van der Waals surface area contributed by atoms with Crippen molar-refractivity contribution in [3.8, 4) is 11.5 Å². The first kappa shape index (κ1) is 21.3. The standard InChI is InChI=1S/C22H28N2O4/c1-16-5-10-21(28-4)20(15-16)23-22(26)12-14-24(17(2)25)13-11-18-6-8-19(27-3)9-7-18/h5-10,15H,11-14H2,1-4H3,(H,23,26). The summed E-state index contributed by atoms with van der Waals surface area (Å²) in [5, 5.41) is 2.87. The second-order valence-electron chi connectivity index (χ2n) is 6.61. The summed E-state index contributed by atoms with van der Waals surface area (Å²) in [5.74, 6) is 1.21. The van der Waals surface area contributed by atoms with E-state index in [4.69, 9.17) is 9.47 Å². The molecule has 0 radical (unpaired) electrons. The SMILES string of the molecule is COc1ccc(CCN(CCC(=O)Nc2cc(C)ccc2OC)C(C)=O)cc1. The van der Waals surface area contributed by atoms with Crippen molar-refractivity contribution >= 4 is 17.5 Å². The van der Waals surface area contributed by atoms with E-state index in [0.717, 1.165) is 23.3 Å². The predicted octanol–water partition coefficient (Wildman–Crippen LogP) is 3.43. The normalized spacial score (nSPS) is 10.3. The lowest BCUT2D eigenvalue weighted by atomic mass is 10.1. The number of hydrogen-bond donors (Lipinski definition) is 1. The zero-order chi connectivity index (χ0) is 20.5. The number of ether oxygens (including phenoxy) is 2. The molecule has 0 aliphatic rings. The predicted molar refractivity (Wildman–Crippen MR) is 110 cm³/mol. The van der Waals surface area contributed by atoms with E-state index in [9.17, 15) is 9.59 Å². The quantitative estimate of drug-likeness (QED) is 0.719. The highest BCUT2D eigenvalue weighted by Gasteiger charge is 2.13. The van der Waals surface area contributed by atoms with Gasteiger partial charge in [-0.25, -0.2) is 0 Å². The molecule has 0 spiro atoms. The van der Waals surface area contributed by atoms with Crippen LogP contribution >= 0.6 is 0 Å². The van der Waals surface area contributed by atoms with Gasteiger partial charge < -0.3 is 19.7 Å². The molecule has 0 fully saturated rings. The van der Waals surface area contributed by atoms with Crippen LogP contribution in [0.4, 0.5) is 5.69 Å². The molecule has 2 rings (SSSR count). The number of methoxy groups -OCH3 is 2. The molecule has 28 heavy (non-hydrogen) atoms. The second kappa shape index (κ2) is 10.3. The maximum atomic E-state index is 12.3. The van der Waals surface area contributed by atoms with E-state index in [1.807, 2.05) is 49.4 Å². The summed E-state index contributed by atoms with van der Waals surface area (Å²) >= 11 is 0. The van der Waals surface area contributed by atoms with Crippen LogP contribution < -0.4 is 14.8 Å². The molecule has 6 nitrogen and oxygen atoms in total. The van der Waals surface area contributed by atoms with Gasteiger partial charge in [0.25, 0.3) is 0 Å².